The van der Waals surface area contributed by atoms with Crippen molar-refractivity contribution in [2.75, 3.05) is 4.72 Å². The van der Waals surface area contributed by atoms with Crippen LogP contribution in [0.25, 0.3) is 0 Å². The van der Waals surface area contributed by atoms with Gasteiger partial charge in [0.2, 0.25) is 0 Å². The zero-order valence-corrected chi connectivity index (χ0v) is 19.1. The lowest BCUT2D eigenvalue weighted by Gasteiger charge is -2.56. The number of rotatable bonds is 5. The lowest BCUT2D eigenvalue weighted by atomic mass is 9.53. The van der Waals surface area contributed by atoms with Crippen LogP contribution in [0.1, 0.15) is 54.4 Å². The molecule has 6 rings (SSSR count). The molecule has 0 spiro atoms. The van der Waals surface area contributed by atoms with Crippen LogP contribution in [0, 0.1) is 24.7 Å². The lowest BCUT2D eigenvalue weighted by molar-refractivity contribution is -0.0167. The molecule has 1 amide bonds. The maximum absolute atomic E-state index is 13.2. The average molecular weight is 459 g/mol. The number of hydrogen-bond acceptors (Lipinski definition) is 3. The normalized spacial score (nSPS) is 29.0. The molecule has 4 aliphatic carbocycles. The molecule has 2 aromatic carbocycles. The van der Waals surface area contributed by atoms with Crippen molar-refractivity contribution in [2.45, 2.75) is 55.9 Å². The summed E-state index contributed by atoms with van der Waals surface area (Å²) in [5.41, 5.74) is 1.48. The Morgan fingerprint density at radius 3 is 2.23 bits per heavy atom. The summed E-state index contributed by atoms with van der Waals surface area (Å²) in [4.78, 5) is 13.1. The topological polar surface area (TPSA) is 75.3 Å². The van der Waals surface area contributed by atoms with Crippen LogP contribution in [-0.4, -0.2) is 19.9 Å². The van der Waals surface area contributed by atoms with Crippen molar-refractivity contribution in [3.63, 3.8) is 0 Å². The van der Waals surface area contributed by atoms with E-state index in [1.54, 1.807) is 18.2 Å². The number of hydrogen-bond donors (Lipinski definition) is 2. The van der Waals surface area contributed by atoms with Crippen LogP contribution in [0.4, 0.5) is 5.69 Å². The Morgan fingerprint density at radius 1 is 1.00 bits per heavy atom. The molecule has 4 fully saturated rings. The number of benzene rings is 2. The fourth-order valence-corrected chi connectivity index (χ4v) is 7.97. The Bertz CT molecular complexity index is 1110. The molecule has 0 aliphatic heterocycles. The molecule has 0 aromatic heterocycles. The molecule has 4 saturated carbocycles. The predicted molar refractivity (Wildman–Crippen MR) is 122 cm³/mol. The molecule has 7 heteroatoms. The Labute approximate surface area is 188 Å². The smallest absolute Gasteiger partial charge is 0.263 e. The maximum atomic E-state index is 13.2. The monoisotopic (exact) mass is 458 g/mol. The van der Waals surface area contributed by atoms with E-state index in [0.29, 0.717) is 29.0 Å². The van der Waals surface area contributed by atoms with Crippen molar-refractivity contribution in [3.8, 4) is 0 Å². The van der Waals surface area contributed by atoms with Crippen LogP contribution < -0.4 is 10.0 Å². The summed E-state index contributed by atoms with van der Waals surface area (Å²) < 4.78 is 28.7. The second-order valence-electron chi connectivity index (χ2n) is 9.72. The Kier molecular flexibility index (Phi) is 5.05. The Hall–Kier alpha value is -2.05. The van der Waals surface area contributed by atoms with Crippen molar-refractivity contribution in [1.82, 2.24) is 5.32 Å². The highest BCUT2D eigenvalue weighted by atomic mass is 35.5. The minimum absolute atomic E-state index is 0.0874. The number of carbonyl (C=O) groups excluding carboxylic acids is 1. The summed E-state index contributed by atoms with van der Waals surface area (Å²) in [6.07, 6.45) is 7.00. The molecule has 31 heavy (non-hydrogen) atoms. The van der Waals surface area contributed by atoms with Crippen molar-refractivity contribution in [3.05, 3.63) is 58.6 Å². The highest BCUT2D eigenvalue weighted by molar-refractivity contribution is 7.92. The van der Waals surface area contributed by atoms with E-state index in [2.05, 4.69) is 10.0 Å². The van der Waals surface area contributed by atoms with Gasteiger partial charge in [0, 0.05) is 11.1 Å². The van der Waals surface area contributed by atoms with Gasteiger partial charge in [-0.1, -0.05) is 29.8 Å². The quantitative estimate of drug-likeness (QED) is 0.650. The molecule has 4 aliphatic rings. The number of nitrogens with one attached hydrogen (secondary N) is 2. The number of aryl methyl sites for hydroxylation is 1. The van der Waals surface area contributed by atoms with E-state index in [1.165, 1.54) is 31.4 Å². The third-order valence-electron chi connectivity index (χ3n) is 7.29. The molecule has 0 atom stereocenters. The highest BCUT2D eigenvalue weighted by Gasteiger charge is 2.51. The van der Waals surface area contributed by atoms with E-state index in [-0.39, 0.29) is 21.4 Å². The van der Waals surface area contributed by atoms with Crippen molar-refractivity contribution >= 4 is 33.2 Å². The van der Waals surface area contributed by atoms with Gasteiger partial charge in [-0.15, -0.1) is 0 Å². The van der Waals surface area contributed by atoms with Gasteiger partial charge in [0.05, 0.1) is 10.7 Å². The van der Waals surface area contributed by atoms with Gasteiger partial charge in [0.15, 0.2) is 0 Å². The van der Waals surface area contributed by atoms with Crippen LogP contribution in [-0.2, 0) is 10.0 Å². The molecule has 0 radical (unpaired) electrons. The zero-order chi connectivity index (χ0) is 21.8. The molecular formula is C24H27ClN2O3S. The number of amides is 1. The van der Waals surface area contributed by atoms with Crippen molar-refractivity contribution < 1.29 is 13.2 Å². The van der Waals surface area contributed by atoms with Gasteiger partial charge < -0.3 is 5.32 Å². The van der Waals surface area contributed by atoms with Crippen LogP contribution in [0.2, 0.25) is 5.02 Å². The highest BCUT2D eigenvalue weighted by Crippen LogP contribution is 2.55. The van der Waals surface area contributed by atoms with E-state index in [0.717, 1.165) is 24.8 Å². The fourth-order valence-electron chi connectivity index (χ4n) is 6.31. The maximum Gasteiger partial charge on any atom is 0.263 e. The summed E-state index contributed by atoms with van der Waals surface area (Å²) in [7, 11) is -3.94. The molecular weight excluding hydrogens is 432 g/mol. The number of anilines is 1. The summed E-state index contributed by atoms with van der Waals surface area (Å²) in [5.74, 6) is 1.93. The summed E-state index contributed by atoms with van der Waals surface area (Å²) >= 11 is 6.24. The number of para-hydroxylation sites is 1. The minimum Gasteiger partial charge on any atom is -0.347 e. The average Bonchev–Trinajstić information content (AvgIpc) is 2.68. The van der Waals surface area contributed by atoms with Gasteiger partial charge in [0.1, 0.15) is 4.90 Å². The van der Waals surface area contributed by atoms with Crippen LogP contribution in [0.5, 0.6) is 0 Å². The third-order valence-corrected chi connectivity index (χ3v) is 9.14. The van der Waals surface area contributed by atoms with Gasteiger partial charge in [-0.2, -0.15) is 0 Å². The van der Waals surface area contributed by atoms with Crippen LogP contribution in [0.3, 0.4) is 0 Å². The van der Waals surface area contributed by atoms with E-state index in [9.17, 15) is 13.2 Å². The first-order valence-corrected chi connectivity index (χ1v) is 12.8. The number of carbonyl (C=O) groups is 1. The molecule has 4 bridgehead atoms. The second-order valence-corrected chi connectivity index (χ2v) is 11.8. The molecule has 164 valence electrons. The Balaban J connectivity index is 1.39. The number of halogens is 1. The summed E-state index contributed by atoms with van der Waals surface area (Å²) in [6, 6.07) is 11.6. The second kappa shape index (κ2) is 7.52. The largest absolute Gasteiger partial charge is 0.347 e. The fraction of sp³-hybridized carbons (Fsp3) is 0.458. The molecule has 2 N–H and O–H groups in total. The Morgan fingerprint density at radius 2 is 1.61 bits per heavy atom. The van der Waals surface area contributed by atoms with E-state index in [1.807, 2.05) is 19.1 Å². The first-order valence-electron chi connectivity index (χ1n) is 10.9. The zero-order valence-electron chi connectivity index (χ0n) is 17.5. The number of sulfonamides is 1. The SMILES string of the molecule is Cc1ccccc1NS(=O)(=O)c1cc(C(=O)NC23CC4CC(CC(C4)C2)C3)ccc1Cl. The minimum atomic E-state index is -3.94. The third kappa shape index (κ3) is 3.96. The standard InChI is InChI=1S/C24H27ClN2O3S/c1-15-4-2-3-5-21(15)27-31(29,30)22-11-19(6-7-20(22)25)23(28)26-24-12-16-8-17(13-24)10-18(9-16)14-24/h2-7,11,16-18,27H,8-10,12-14H2,1H3,(H,26,28). The molecule has 0 unspecified atom stereocenters. The van der Waals surface area contributed by atoms with Gasteiger partial charge >= 0.3 is 0 Å². The predicted octanol–water partition coefficient (Wildman–Crippen LogP) is 5.15. The van der Waals surface area contributed by atoms with Crippen LogP contribution in [0.15, 0.2) is 47.4 Å². The van der Waals surface area contributed by atoms with E-state index < -0.39 is 10.0 Å². The molecule has 2 aromatic rings. The van der Waals surface area contributed by atoms with Crippen molar-refractivity contribution in [2.24, 2.45) is 17.8 Å². The van der Waals surface area contributed by atoms with Gasteiger partial charge in [-0.3, -0.25) is 9.52 Å². The van der Waals surface area contributed by atoms with Crippen molar-refractivity contribution in [1.29, 1.82) is 0 Å². The lowest BCUT2D eigenvalue weighted by Crippen LogP contribution is -2.59. The molecule has 0 heterocycles. The van der Waals surface area contributed by atoms with Crippen LogP contribution >= 0.6 is 11.6 Å². The van der Waals surface area contributed by atoms with Gasteiger partial charge in [-0.05, 0) is 93.0 Å². The van der Waals surface area contributed by atoms with Gasteiger partial charge in [-0.25, -0.2) is 8.42 Å². The van der Waals surface area contributed by atoms with E-state index >= 15 is 0 Å². The molecule has 5 nitrogen and oxygen atoms in total. The molecule has 0 saturated heterocycles. The summed E-state index contributed by atoms with van der Waals surface area (Å²) in [6.45, 7) is 1.83. The first kappa shape index (κ1) is 20.8. The first-order chi connectivity index (χ1) is 14.7. The van der Waals surface area contributed by atoms with Gasteiger partial charge in [0.25, 0.3) is 15.9 Å². The van der Waals surface area contributed by atoms with E-state index in [4.69, 9.17) is 11.6 Å². The summed E-state index contributed by atoms with van der Waals surface area (Å²) in [5, 5.41) is 3.39.